The monoisotopic (exact) mass is 271 g/mol. The lowest BCUT2D eigenvalue weighted by atomic mass is 10.1. The second-order valence-electron chi connectivity index (χ2n) is 4.61. The molecule has 20 heavy (non-hydrogen) atoms. The van der Waals surface area contributed by atoms with Crippen LogP contribution in [0.1, 0.15) is 5.56 Å². The maximum absolute atomic E-state index is 13.8. The Kier molecular flexibility index (Phi) is 2.79. The number of hydrogen-bond acceptors (Lipinski definition) is 2. The third kappa shape index (κ3) is 1.95. The molecule has 3 aromatic rings. The molecule has 3 nitrogen and oxygen atoms in total. The van der Waals surface area contributed by atoms with E-state index in [0.29, 0.717) is 22.3 Å². The summed E-state index contributed by atoms with van der Waals surface area (Å²) in [5.41, 5.74) is 1.38. The topological polar surface area (TPSA) is 51.8 Å². The molecule has 0 saturated carbocycles. The summed E-state index contributed by atoms with van der Waals surface area (Å²) in [7, 11) is 0. The van der Waals surface area contributed by atoms with E-state index in [4.69, 9.17) is 4.42 Å². The molecular formula is C16H12FO3+. The minimum Gasteiger partial charge on any atom is -0.507 e. The van der Waals surface area contributed by atoms with Crippen molar-refractivity contribution >= 4 is 11.0 Å². The van der Waals surface area contributed by atoms with E-state index >= 15 is 0 Å². The third-order valence-corrected chi connectivity index (χ3v) is 3.17. The largest absolute Gasteiger partial charge is 0.507 e. The molecule has 0 bridgehead atoms. The minimum atomic E-state index is -0.389. The van der Waals surface area contributed by atoms with E-state index in [0.717, 1.165) is 5.56 Å². The second kappa shape index (κ2) is 4.49. The average molecular weight is 271 g/mol. The zero-order valence-electron chi connectivity index (χ0n) is 10.7. The Morgan fingerprint density at radius 3 is 2.55 bits per heavy atom. The van der Waals surface area contributed by atoms with Gasteiger partial charge in [0, 0.05) is 12.1 Å². The zero-order valence-corrected chi connectivity index (χ0v) is 10.7. The maximum atomic E-state index is 13.8. The van der Waals surface area contributed by atoms with Gasteiger partial charge in [0.1, 0.15) is 28.3 Å². The zero-order chi connectivity index (χ0) is 14.3. The van der Waals surface area contributed by atoms with E-state index in [9.17, 15) is 14.6 Å². The van der Waals surface area contributed by atoms with Crippen molar-refractivity contribution in [2.45, 2.75) is 6.92 Å². The van der Waals surface area contributed by atoms with Gasteiger partial charge >= 0.3 is 11.3 Å². The Labute approximate surface area is 114 Å². The molecule has 0 radical (unpaired) electrons. The number of halogens is 1. The molecule has 0 saturated heterocycles. The van der Waals surface area contributed by atoms with E-state index in [-0.39, 0.29) is 17.3 Å². The van der Waals surface area contributed by atoms with Gasteiger partial charge in [0.05, 0.1) is 6.07 Å². The normalized spacial score (nSPS) is 10.9. The molecule has 2 aromatic carbocycles. The van der Waals surface area contributed by atoms with E-state index in [2.05, 4.69) is 0 Å². The molecule has 4 heteroatoms. The van der Waals surface area contributed by atoms with Gasteiger partial charge in [-0.3, -0.25) is 0 Å². The maximum Gasteiger partial charge on any atom is 0.368 e. The van der Waals surface area contributed by atoms with Gasteiger partial charge in [0.25, 0.3) is 0 Å². The standard InChI is InChI=1S/C16H11FO3/c1-9-6-14(11-4-2-3-5-12(11)17)20-15-8-10(18)7-13(19)16(9)15/h2-8H,1H3,(H-,18,19)/p+1. The molecule has 100 valence electrons. The van der Waals surface area contributed by atoms with Crippen LogP contribution in [0.5, 0.6) is 11.5 Å². The molecule has 2 N–H and O–H groups in total. The van der Waals surface area contributed by atoms with Gasteiger partial charge in [-0.15, -0.1) is 0 Å². The van der Waals surface area contributed by atoms with Crippen LogP contribution < -0.4 is 0 Å². The lowest BCUT2D eigenvalue weighted by Gasteiger charge is -2.01. The number of fused-ring (bicyclic) bond motifs is 1. The number of aryl methyl sites for hydroxylation is 1. The van der Waals surface area contributed by atoms with E-state index in [1.165, 1.54) is 18.2 Å². The first-order valence-corrected chi connectivity index (χ1v) is 6.10. The van der Waals surface area contributed by atoms with Crippen LogP contribution in [0.15, 0.2) is 46.9 Å². The van der Waals surface area contributed by atoms with Crippen molar-refractivity contribution < 1.29 is 19.0 Å². The summed E-state index contributed by atoms with van der Waals surface area (Å²) < 4.78 is 19.4. The van der Waals surface area contributed by atoms with Crippen molar-refractivity contribution in [1.29, 1.82) is 0 Å². The second-order valence-corrected chi connectivity index (χ2v) is 4.61. The average Bonchev–Trinajstić information content (AvgIpc) is 2.37. The van der Waals surface area contributed by atoms with Gasteiger partial charge in [-0.05, 0) is 24.6 Å². The van der Waals surface area contributed by atoms with Crippen molar-refractivity contribution in [2.75, 3.05) is 0 Å². The van der Waals surface area contributed by atoms with Crippen LogP contribution in [0, 0.1) is 12.7 Å². The molecule has 0 unspecified atom stereocenters. The van der Waals surface area contributed by atoms with Crippen LogP contribution >= 0.6 is 0 Å². The SMILES string of the molecule is Cc1cc(-c2ccccc2F)[o+]c2cc(O)cc(O)c12. The van der Waals surface area contributed by atoms with E-state index in [1.54, 1.807) is 31.2 Å². The van der Waals surface area contributed by atoms with Gasteiger partial charge in [0.2, 0.25) is 0 Å². The number of hydrogen-bond donors (Lipinski definition) is 2. The first-order valence-electron chi connectivity index (χ1n) is 6.10. The van der Waals surface area contributed by atoms with E-state index in [1.807, 2.05) is 0 Å². The first-order chi connectivity index (χ1) is 9.56. The predicted octanol–water partition coefficient (Wildman–Crippen LogP) is 4.24. The highest BCUT2D eigenvalue weighted by Gasteiger charge is 2.22. The van der Waals surface area contributed by atoms with Crippen LogP contribution in [0.3, 0.4) is 0 Å². The lowest BCUT2D eigenvalue weighted by molar-refractivity contribution is 0.452. The van der Waals surface area contributed by atoms with Crippen LogP contribution in [0.4, 0.5) is 4.39 Å². The Hall–Kier alpha value is -2.62. The summed E-state index contributed by atoms with van der Waals surface area (Å²) in [6.45, 7) is 1.79. The minimum absolute atomic E-state index is 0.0682. The molecule has 0 fully saturated rings. The van der Waals surface area contributed by atoms with Crippen molar-refractivity contribution in [3.8, 4) is 22.8 Å². The van der Waals surface area contributed by atoms with Crippen LogP contribution in [0.25, 0.3) is 22.3 Å². The smallest absolute Gasteiger partial charge is 0.368 e. The predicted molar refractivity (Wildman–Crippen MR) is 74.1 cm³/mol. The van der Waals surface area contributed by atoms with Gasteiger partial charge in [0.15, 0.2) is 0 Å². The molecule has 3 rings (SSSR count). The summed E-state index contributed by atoms with van der Waals surface area (Å²) in [6, 6.07) is 10.6. The fourth-order valence-electron chi connectivity index (χ4n) is 2.27. The summed E-state index contributed by atoms with van der Waals surface area (Å²) in [4.78, 5) is 0. The van der Waals surface area contributed by atoms with Gasteiger partial charge in [-0.25, -0.2) is 8.81 Å². The van der Waals surface area contributed by atoms with Gasteiger partial charge in [-0.2, -0.15) is 0 Å². The summed E-state index contributed by atoms with van der Waals surface area (Å²) in [5, 5.41) is 19.9. The van der Waals surface area contributed by atoms with E-state index < -0.39 is 0 Å². The fourth-order valence-corrected chi connectivity index (χ4v) is 2.27. The molecule has 0 spiro atoms. The summed E-state index contributed by atoms with van der Waals surface area (Å²) >= 11 is 0. The van der Waals surface area contributed by atoms with Crippen molar-refractivity contribution in [3.05, 3.63) is 53.8 Å². The first kappa shape index (κ1) is 12.4. The molecule has 1 aromatic heterocycles. The molecule has 1 heterocycles. The molecule has 0 aliphatic heterocycles. The number of benzene rings is 2. The van der Waals surface area contributed by atoms with Crippen LogP contribution in [-0.4, -0.2) is 10.2 Å². The Bertz CT molecular complexity index is 812. The molecule has 0 aliphatic carbocycles. The number of phenols is 2. The van der Waals surface area contributed by atoms with Gasteiger partial charge in [-0.1, -0.05) is 12.1 Å². The summed E-state index contributed by atoms with van der Waals surface area (Å²) in [5.74, 6) is -0.220. The number of rotatable bonds is 1. The molecule has 0 atom stereocenters. The molecule has 0 aliphatic rings. The third-order valence-electron chi connectivity index (χ3n) is 3.17. The lowest BCUT2D eigenvalue weighted by Crippen LogP contribution is -1.87. The highest BCUT2D eigenvalue weighted by atomic mass is 19.1. The number of phenolic OH excluding ortho intramolecular Hbond substituents is 2. The summed E-state index contributed by atoms with van der Waals surface area (Å²) in [6.07, 6.45) is 0. The van der Waals surface area contributed by atoms with Gasteiger partial charge < -0.3 is 10.2 Å². The van der Waals surface area contributed by atoms with Crippen molar-refractivity contribution in [2.24, 2.45) is 0 Å². The Balaban J connectivity index is 2.33. The highest BCUT2D eigenvalue weighted by Crippen LogP contribution is 2.36. The fraction of sp³-hybridized carbons (Fsp3) is 0.0625. The Morgan fingerprint density at radius 2 is 1.80 bits per heavy atom. The van der Waals surface area contributed by atoms with Crippen LogP contribution in [-0.2, 0) is 0 Å². The molecule has 0 amide bonds. The molecular weight excluding hydrogens is 259 g/mol. The van der Waals surface area contributed by atoms with Crippen LogP contribution in [0.2, 0.25) is 0 Å². The number of aromatic hydroxyl groups is 2. The Morgan fingerprint density at radius 1 is 1.05 bits per heavy atom. The van der Waals surface area contributed by atoms with Crippen molar-refractivity contribution in [3.63, 3.8) is 0 Å². The van der Waals surface area contributed by atoms with Crippen molar-refractivity contribution in [1.82, 2.24) is 0 Å². The quantitative estimate of drug-likeness (QED) is 0.651. The highest BCUT2D eigenvalue weighted by molar-refractivity contribution is 5.89.